The first kappa shape index (κ1) is 13.8. The molecule has 1 saturated carbocycles. The Labute approximate surface area is 112 Å². The number of halogens is 1. The summed E-state index contributed by atoms with van der Waals surface area (Å²) in [7, 11) is 1.67. The molecule has 1 heterocycles. The number of rotatable bonds is 3. The van der Waals surface area contributed by atoms with Crippen molar-refractivity contribution in [3.63, 3.8) is 0 Å². The number of aromatic nitrogens is 1. The van der Waals surface area contributed by atoms with E-state index in [4.69, 9.17) is 0 Å². The summed E-state index contributed by atoms with van der Waals surface area (Å²) < 4.78 is 13.2. The number of pyridine rings is 1. The normalized spacial score (nSPS) is 22.9. The quantitative estimate of drug-likeness (QED) is 0.883. The summed E-state index contributed by atoms with van der Waals surface area (Å²) in [5.41, 5.74) is 0.264. The Kier molecular flexibility index (Phi) is 4.35. The third-order valence-corrected chi connectivity index (χ3v) is 3.76. The topological polar surface area (TPSA) is 54.0 Å². The fraction of sp³-hybridized carbons (Fsp3) is 0.571. The summed E-state index contributed by atoms with van der Waals surface area (Å²) in [5.74, 6) is 0.121. The molecule has 19 heavy (non-hydrogen) atoms. The van der Waals surface area contributed by atoms with Crippen LogP contribution in [0.5, 0.6) is 0 Å². The number of nitrogens with one attached hydrogen (secondary N) is 2. The van der Waals surface area contributed by atoms with Gasteiger partial charge in [-0.25, -0.2) is 9.37 Å². The zero-order valence-electron chi connectivity index (χ0n) is 11.4. The third kappa shape index (κ3) is 3.22. The van der Waals surface area contributed by atoms with E-state index in [-0.39, 0.29) is 17.5 Å². The van der Waals surface area contributed by atoms with Crippen LogP contribution in [0.4, 0.5) is 10.2 Å². The molecule has 2 N–H and O–H groups in total. The van der Waals surface area contributed by atoms with Crippen molar-refractivity contribution < 1.29 is 9.18 Å². The summed E-state index contributed by atoms with van der Waals surface area (Å²) in [6, 6.07) is 1.40. The highest BCUT2D eigenvalue weighted by atomic mass is 19.1. The van der Waals surface area contributed by atoms with Gasteiger partial charge in [-0.05, 0) is 24.8 Å². The molecule has 1 aromatic rings. The van der Waals surface area contributed by atoms with Gasteiger partial charge in [-0.3, -0.25) is 4.79 Å². The average molecular weight is 265 g/mol. The number of amides is 1. The molecule has 0 bridgehead atoms. The first-order valence-electron chi connectivity index (χ1n) is 6.76. The lowest BCUT2D eigenvalue weighted by atomic mass is 9.86. The van der Waals surface area contributed by atoms with E-state index in [2.05, 4.69) is 22.5 Å². The van der Waals surface area contributed by atoms with Crippen molar-refractivity contribution in [3.05, 3.63) is 23.6 Å². The summed E-state index contributed by atoms with van der Waals surface area (Å²) in [5, 5.41) is 5.81. The largest absolute Gasteiger partial charge is 0.372 e. The number of carbonyl (C=O) groups is 1. The van der Waals surface area contributed by atoms with E-state index < -0.39 is 5.82 Å². The third-order valence-electron chi connectivity index (χ3n) is 3.76. The van der Waals surface area contributed by atoms with Crippen molar-refractivity contribution in [2.75, 3.05) is 12.4 Å². The van der Waals surface area contributed by atoms with E-state index in [9.17, 15) is 9.18 Å². The SMILES string of the molecule is CNc1ncc(F)cc1C(=O)NC1CCCCC1C. The highest BCUT2D eigenvalue weighted by Crippen LogP contribution is 2.24. The Balaban J connectivity index is 2.13. The van der Waals surface area contributed by atoms with Gasteiger partial charge in [0, 0.05) is 13.1 Å². The van der Waals surface area contributed by atoms with Crippen LogP contribution >= 0.6 is 0 Å². The van der Waals surface area contributed by atoms with Crippen LogP contribution in [0.15, 0.2) is 12.3 Å². The van der Waals surface area contributed by atoms with Gasteiger partial charge in [-0.15, -0.1) is 0 Å². The molecule has 1 aromatic heterocycles. The fourth-order valence-corrected chi connectivity index (χ4v) is 2.59. The second-order valence-corrected chi connectivity index (χ2v) is 5.14. The molecule has 1 aliphatic rings. The molecule has 1 fully saturated rings. The Hall–Kier alpha value is -1.65. The lowest BCUT2D eigenvalue weighted by Gasteiger charge is -2.29. The maximum atomic E-state index is 13.2. The number of hydrogen-bond acceptors (Lipinski definition) is 3. The van der Waals surface area contributed by atoms with Crippen LogP contribution in [0.25, 0.3) is 0 Å². The Morgan fingerprint density at radius 1 is 1.42 bits per heavy atom. The standard InChI is InChI=1S/C14H20FN3O/c1-9-5-3-4-6-12(9)18-14(19)11-7-10(15)8-17-13(11)16-2/h7-9,12H,3-6H2,1-2H3,(H,16,17)(H,18,19). The molecule has 2 unspecified atom stereocenters. The van der Waals surface area contributed by atoms with Crippen molar-refractivity contribution in [3.8, 4) is 0 Å². The summed E-state index contributed by atoms with van der Waals surface area (Å²) in [6.45, 7) is 2.15. The van der Waals surface area contributed by atoms with E-state index in [1.54, 1.807) is 7.05 Å². The van der Waals surface area contributed by atoms with E-state index >= 15 is 0 Å². The van der Waals surface area contributed by atoms with Gasteiger partial charge in [-0.1, -0.05) is 19.8 Å². The molecule has 2 atom stereocenters. The molecule has 2 rings (SSSR count). The number of anilines is 1. The second kappa shape index (κ2) is 5.99. The molecule has 0 spiro atoms. The van der Waals surface area contributed by atoms with Crippen LogP contribution in [0.2, 0.25) is 0 Å². The lowest BCUT2D eigenvalue weighted by Crippen LogP contribution is -2.41. The average Bonchev–Trinajstić information content (AvgIpc) is 2.41. The molecule has 0 aliphatic heterocycles. The molecule has 1 amide bonds. The molecule has 104 valence electrons. The van der Waals surface area contributed by atoms with Crippen LogP contribution in [0.1, 0.15) is 43.0 Å². The van der Waals surface area contributed by atoms with E-state index in [1.807, 2.05) is 0 Å². The molecule has 4 nitrogen and oxygen atoms in total. The smallest absolute Gasteiger partial charge is 0.255 e. The van der Waals surface area contributed by atoms with Crippen LogP contribution in [0.3, 0.4) is 0 Å². The monoisotopic (exact) mass is 265 g/mol. The summed E-state index contributed by atoms with van der Waals surface area (Å²) in [6.07, 6.45) is 5.58. The van der Waals surface area contributed by atoms with Crippen LogP contribution < -0.4 is 10.6 Å². The molecule has 0 aromatic carbocycles. The Morgan fingerprint density at radius 3 is 2.84 bits per heavy atom. The molecule has 1 aliphatic carbocycles. The minimum atomic E-state index is -0.499. The van der Waals surface area contributed by atoms with Crippen molar-refractivity contribution in [1.29, 1.82) is 0 Å². The van der Waals surface area contributed by atoms with Gasteiger partial charge in [0.15, 0.2) is 0 Å². The zero-order chi connectivity index (χ0) is 13.8. The number of hydrogen-bond donors (Lipinski definition) is 2. The van der Waals surface area contributed by atoms with Crippen molar-refractivity contribution in [2.24, 2.45) is 5.92 Å². The maximum Gasteiger partial charge on any atom is 0.255 e. The van der Waals surface area contributed by atoms with Gasteiger partial charge in [0.1, 0.15) is 11.6 Å². The minimum Gasteiger partial charge on any atom is -0.372 e. The maximum absolute atomic E-state index is 13.2. The van der Waals surface area contributed by atoms with E-state index in [0.29, 0.717) is 11.7 Å². The fourth-order valence-electron chi connectivity index (χ4n) is 2.59. The highest BCUT2D eigenvalue weighted by Gasteiger charge is 2.24. The zero-order valence-corrected chi connectivity index (χ0v) is 11.4. The van der Waals surface area contributed by atoms with Crippen molar-refractivity contribution >= 4 is 11.7 Å². The minimum absolute atomic E-state index is 0.175. The number of carbonyl (C=O) groups excluding carboxylic acids is 1. The van der Waals surface area contributed by atoms with Gasteiger partial charge < -0.3 is 10.6 Å². The molecular formula is C14H20FN3O. The molecular weight excluding hydrogens is 245 g/mol. The van der Waals surface area contributed by atoms with Crippen molar-refractivity contribution in [2.45, 2.75) is 38.6 Å². The van der Waals surface area contributed by atoms with Gasteiger partial charge >= 0.3 is 0 Å². The predicted octanol–water partition coefficient (Wildman–Crippen LogP) is 2.57. The van der Waals surface area contributed by atoms with E-state index in [0.717, 1.165) is 25.5 Å². The van der Waals surface area contributed by atoms with Crippen LogP contribution in [-0.2, 0) is 0 Å². The van der Waals surface area contributed by atoms with Gasteiger partial charge in [0.25, 0.3) is 5.91 Å². The predicted molar refractivity (Wildman–Crippen MR) is 72.6 cm³/mol. The Morgan fingerprint density at radius 2 is 2.16 bits per heavy atom. The van der Waals surface area contributed by atoms with Gasteiger partial charge in [0.05, 0.1) is 11.8 Å². The summed E-state index contributed by atoms with van der Waals surface area (Å²) in [4.78, 5) is 16.1. The first-order valence-corrected chi connectivity index (χ1v) is 6.76. The first-order chi connectivity index (χ1) is 9.11. The molecule has 0 radical (unpaired) electrons. The summed E-state index contributed by atoms with van der Waals surface area (Å²) >= 11 is 0. The molecule has 0 saturated heterocycles. The number of nitrogens with zero attached hydrogens (tertiary/aromatic N) is 1. The highest BCUT2D eigenvalue weighted by molar-refractivity contribution is 5.98. The van der Waals surface area contributed by atoms with Crippen LogP contribution in [0, 0.1) is 11.7 Å². The van der Waals surface area contributed by atoms with Crippen LogP contribution in [-0.4, -0.2) is 24.0 Å². The Bertz CT molecular complexity index is 464. The second-order valence-electron chi connectivity index (χ2n) is 5.14. The lowest BCUT2D eigenvalue weighted by molar-refractivity contribution is 0.0910. The van der Waals surface area contributed by atoms with E-state index in [1.165, 1.54) is 12.5 Å². The van der Waals surface area contributed by atoms with Crippen molar-refractivity contribution in [1.82, 2.24) is 10.3 Å². The molecule has 5 heteroatoms. The van der Waals surface area contributed by atoms with Gasteiger partial charge in [0.2, 0.25) is 0 Å². The van der Waals surface area contributed by atoms with Gasteiger partial charge in [-0.2, -0.15) is 0 Å².